The summed E-state index contributed by atoms with van der Waals surface area (Å²) in [5.41, 5.74) is 0.307. The van der Waals surface area contributed by atoms with E-state index in [1.807, 2.05) is 23.6 Å². The number of hydrogen-bond donors (Lipinski definition) is 0. The maximum absolute atomic E-state index is 12.9. The Balaban J connectivity index is 1.64. The summed E-state index contributed by atoms with van der Waals surface area (Å²) < 4.78 is 38.3. The summed E-state index contributed by atoms with van der Waals surface area (Å²) in [5, 5.41) is -0.0263. The van der Waals surface area contributed by atoms with Gasteiger partial charge in [-0.3, -0.25) is 4.79 Å². The van der Waals surface area contributed by atoms with Crippen LogP contribution in [0.2, 0.25) is 5.02 Å². The number of aromatic nitrogens is 1. The van der Waals surface area contributed by atoms with Crippen molar-refractivity contribution >= 4 is 23.3 Å². The van der Waals surface area contributed by atoms with Gasteiger partial charge in [-0.1, -0.05) is 37.1 Å². The second-order valence-electron chi connectivity index (χ2n) is 8.41. The van der Waals surface area contributed by atoms with Crippen molar-refractivity contribution in [2.45, 2.75) is 33.9 Å². The molecule has 0 unspecified atom stereocenters. The van der Waals surface area contributed by atoms with Crippen LogP contribution < -0.4 is 4.90 Å². The zero-order chi connectivity index (χ0) is 20.9. The summed E-state index contributed by atoms with van der Waals surface area (Å²) in [6.45, 7) is 10.3. The summed E-state index contributed by atoms with van der Waals surface area (Å²) in [7, 11) is 0. The second-order valence-corrected chi connectivity index (χ2v) is 8.82. The molecule has 1 amide bonds. The number of amides is 1. The van der Waals surface area contributed by atoms with Gasteiger partial charge in [-0.2, -0.15) is 13.2 Å². The molecule has 28 heavy (non-hydrogen) atoms. The van der Waals surface area contributed by atoms with Gasteiger partial charge in [0.1, 0.15) is 5.82 Å². The van der Waals surface area contributed by atoms with E-state index in [-0.39, 0.29) is 28.2 Å². The molecular formula is C20H25ClF3N3O. The van der Waals surface area contributed by atoms with Crippen molar-refractivity contribution < 1.29 is 18.0 Å². The SMILES string of the molecule is CC(C)=C[C@H]1[C@@H](C(=O)N2CCN(c3ncc(C(F)(F)F)cc3Cl)CC2)C1(C)C. The average Bonchev–Trinajstić information content (AvgIpc) is 3.13. The predicted octanol–water partition coefficient (Wildman–Crippen LogP) is 4.64. The maximum Gasteiger partial charge on any atom is 0.417 e. The topological polar surface area (TPSA) is 36.4 Å². The Morgan fingerprint density at radius 1 is 1.25 bits per heavy atom. The molecule has 1 saturated heterocycles. The molecule has 0 spiro atoms. The Hall–Kier alpha value is -1.76. The zero-order valence-corrected chi connectivity index (χ0v) is 17.2. The first-order valence-corrected chi connectivity index (χ1v) is 9.72. The van der Waals surface area contributed by atoms with Crippen molar-refractivity contribution in [2.24, 2.45) is 17.3 Å². The minimum absolute atomic E-state index is 0.0123. The van der Waals surface area contributed by atoms with Gasteiger partial charge in [0, 0.05) is 32.4 Å². The lowest BCUT2D eigenvalue weighted by Gasteiger charge is -2.36. The number of nitrogens with zero attached hydrogens (tertiary/aromatic N) is 3. The lowest BCUT2D eigenvalue weighted by Crippen LogP contribution is -2.50. The van der Waals surface area contributed by atoms with Crippen molar-refractivity contribution in [1.29, 1.82) is 0 Å². The molecule has 4 nitrogen and oxygen atoms in total. The standard InChI is InChI=1S/C20H25ClF3N3O/c1-12(2)9-14-16(19(14,3)4)18(28)27-7-5-26(6-8-27)17-15(21)10-13(11-25-17)20(22,23)24/h9-11,14,16H,5-8H2,1-4H3/t14-,16-/m0/s1. The molecule has 1 aromatic heterocycles. The Bertz CT molecular complexity index is 794. The van der Waals surface area contributed by atoms with Crippen LogP contribution in [-0.4, -0.2) is 42.0 Å². The molecule has 1 aliphatic carbocycles. The molecule has 2 heterocycles. The number of alkyl halides is 3. The first-order valence-electron chi connectivity index (χ1n) is 9.34. The molecule has 1 aromatic rings. The number of rotatable bonds is 3. The molecule has 0 bridgehead atoms. The summed E-state index contributed by atoms with van der Waals surface area (Å²) in [5.74, 6) is 0.727. The molecule has 8 heteroatoms. The Morgan fingerprint density at radius 2 is 1.86 bits per heavy atom. The van der Waals surface area contributed by atoms with E-state index in [0.717, 1.165) is 12.3 Å². The van der Waals surface area contributed by atoms with Crippen LogP contribution in [0.15, 0.2) is 23.9 Å². The number of hydrogen-bond acceptors (Lipinski definition) is 3. The number of piperazine rings is 1. The third-order valence-corrected chi connectivity index (χ3v) is 6.01. The highest BCUT2D eigenvalue weighted by atomic mass is 35.5. The summed E-state index contributed by atoms with van der Waals surface area (Å²) in [6.07, 6.45) is -1.50. The number of pyridine rings is 1. The molecule has 154 valence electrons. The normalized spacial score (nSPS) is 24.1. The number of carbonyl (C=O) groups is 1. The van der Waals surface area contributed by atoms with Crippen LogP contribution in [-0.2, 0) is 11.0 Å². The van der Waals surface area contributed by atoms with Crippen LogP contribution in [0, 0.1) is 17.3 Å². The fourth-order valence-corrected chi connectivity index (χ4v) is 4.26. The first kappa shape index (κ1) is 21.0. The van der Waals surface area contributed by atoms with Crippen LogP contribution >= 0.6 is 11.6 Å². The van der Waals surface area contributed by atoms with Crippen molar-refractivity contribution in [1.82, 2.24) is 9.88 Å². The third kappa shape index (κ3) is 4.00. The minimum Gasteiger partial charge on any atom is -0.352 e. The highest BCUT2D eigenvalue weighted by molar-refractivity contribution is 6.33. The second kappa shape index (κ2) is 7.25. The highest BCUT2D eigenvalue weighted by Crippen LogP contribution is 2.60. The molecule has 3 rings (SSSR count). The molecule has 2 aliphatic rings. The average molecular weight is 416 g/mol. The van der Waals surface area contributed by atoms with E-state index in [4.69, 9.17) is 11.6 Å². The summed E-state index contributed by atoms with van der Waals surface area (Å²) in [4.78, 5) is 20.5. The molecule has 0 radical (unpaired) electrons. The fraction of sp³-hybridized carbons (Fsp3) is 0.600. The number of halogens is 4. The first-order chi connectivity index (χ1) is 12.9. The Morgan fingerprint density at radius 3 is 2.36 bits per heavy atom. The van der Waals surface area contributed by atoms with Crippen LogP contribution in [0.3, 0.4) is 0 Å². The smallest absolute Gasteiger partial charge is 0.352 e. The van der Waals surface area contributed by atoms with E-state index in [1.165, 1.54) is 5.57 Å². The highest BCUT2D eigenvalue weighted by Gasteiger charge is 2.61. The van der Waals surface area contributed by atoms with Crippen LogP contribution in [0.5, 0.6) is 0 Å². The van der Waals surface area contributed by atoms with Gasteiger partial charge < -0.3 is 9.80 Å². The monoisotopic (exact) mass is 415 g/mol. The number of carbonyl (C=O) groups excluding carboxylic acids is 1. The van der Waals surface area contributed by atoms with Crippen molar-refractivity contribution in [3.63, 3.8) is 0 Å². The van der Waals surface area contributed by atoms with Crippen molar-refractivity contribution in [2.75, 3.05) is 31.1 Å². The molecule has 1 saturated carbocycles. The van der Waals surface area contributed by atoms with Crippen LogP contribution in [0.4, 0.5) is 19.0 Å². The molecule has 0 N–H and O–H groups in total. The fourth-order valence-electron chi connectivity index (χ4n) is 3.97. The van der Waals surface area contributed by atoms with Gasteiger partial charge in [0.15, 0.2) is 0 Å². The van der Waals surface area contributed by atoms with Gasteiger partial charge >= 0.3 is 6.18 Å². The Kier molecular flexibility index (Phi) is 5.42. The van der Waals surface area contributed by atoms with Crippen LogP contribution in [0.1, 0.15) is 33.3 Å². The lowest BCUT2D eigenvalue weighted by molar-refractivity contribution is -0.138. The molecule has 1 aliphatic heterocycles. The maximum atomic E-state index is 12.9. The third-order valence-electron chi connectivity index (χ3n) is 5.73. The van der Waals surface area contributed by atoms with Crippen molar-refractivity contribution in [3.8, 4) is 0 Å². The molecule has 2 atom stereocenters. The number of anilines is 1. The van der Waals surface area contributed by atoms with Crippen LogP contribution in [0.25, 0.3) is 0 Å². The number of allylic oxidation sites excluding steroid dienone is 2. The van der Waals surface area contributed by atoms with Crippen molar-refractivity contribution in [3.05, 3.63) is 34.5 Å². The van der Waals surface area contributed by atoms with E-state index in [9.17, 15) is 18.0 Å². The zero-order valence-electron chi connectivity index (χ0n) is 16.5. The molecule has 2 fully saturated rings. The van der Waals surface area contributed by atoms with E-state index in [0.29, 0.717) is 32.0 Å². The van der Waals surface area contributed by atoms with Gasteiger partial charge in [0.25, 0.3) is 0 Å². The van der Waals surface area contributed by atoms with E-state index in [2.05, 4.69) is 24.9 Å². The van der Waals surface area contributed by atoms with Gasteiger partial charge in [-0.25, -0.2) is 4.98 Å². The molecule has 0 aromatic carbocycles. The summed E-state index contributed by atoms with van der Waals surface area (Å²) in [6, 6.07) is 0.901. The predicted molar refractivity (Wildman–Crippen MR) is 103 cm³/mol. The van der Waals surface area contributed by atoms with Gasteiger partial charge in [0.05, 0.1) is 16.5 Å². The van der Waals surface area contributed by atoms with Gasteiger partial charge in [0.2, 0.25) is 5.91 Å². The quantitative estimate of drug-likeness (QED) is 0.675. The largest absolute Gasteiger partial charge is 0.417 e. The van der Waals surface area contributed by atoms with E-state index in [1.54, 1.807) is 0 Å². The van der Waals surface area contributed by atoms with Gasteiger partial charge in [-0.15, -0.1) is 0 Å². The minimum atomic E-state index is -4.47. The molecular weight excluding hydrogens is 391 g/mol. The van der Waals surface area contributed by atoms with E-state index < -0.39 is 11.7 Å². The Labute approximate surface area is 168 Å². The van der Waals surface area contributed by atoms with E-state index >= 15 is 0 Å². The summed E-state index contributed by atoms with van der Waals surface area (Å²) >= 11 is 6.04. The van der Waals surface area contributed by atoms with Gasteiger partial charge in [-0.05, 0) is 31.2 Å². The lowest BCUT2D eigenvalue weighted by atomic mass is 10.1.